The summed E-state index contributed by atoms with van der Waals surface area (Å²) in [5.74, 6) is 0.421. The van der Waals surface area contributed by atoms with E-state index in [0.717, 1.165) is 37.0 Å². The molecule has 1 N–H and O–H groups in total. The predicted molar refractivity (Wildman–Crippen MR) is 144 cm³/mol. The van der Waals surface area contributed by atoms with E-state index in [1.54, 1.807) is 42.3 Å². The molecule has 0 heterocycles. The summed E-state index contributed by atoms with van der Waals surface area (Å²) in [6, 6.07) is 15.3. The van der Waals surface area contributed by atoms with Gasteiger partial charge in [-0.2, -0.15) is 0 Å². The first-order valence-corrected chi connectivity index (χ1v) is 14.4. The van der Waals surface area contributed by atoms with Crippen molar-refractivity contribution in [1.29, 1.82) is 0 Å². The molecule has 1 saturated carbocycles. The van der Waals surface area contributed by atoms with Crippen LogP contribution >= 0.6 is 0 Å². The van der Waals surface area contributed by atoms with E-state index in [1.807, 2.05) is 31.2 Å². The number of methoxy groups -OCH3 is 1. The van der Waals surface area contributed by atoms with E-state index in [4.69, 9.17) is 4.74 Å². The van der Waals surface area contributed by atoms with E-state index >= 15 is 0 Å². The predicted octanol–water partition coefficient (Wildman–Crippen LogP) is 3.96. The quantitative estimate of drug-likeness (QED) is 0.424. The third-order valence-electron chi connectivity index (χ3n) is 6.91. The second-order valence-corrected chi connectivity index (χ2v) is 11.6. The number of hydrogen-bond acceptors (Lipinski definition) is 5. The number of nitrogens with zero attached hydrogens (tertiary/aromatic N) is 2. The Bertz CT molecular complexity index is 1120. The molecule has 1 fully saturated rings. The highest BCUT2D eigenvalue weighted by Crippen LogP contribution is 2.21. The molecule has 202 valence electrons. The van der Waals surface area contributed by atoms with Crippen molar-refractivity contribution >= 4 is 21.8 Å². The van der Waals surface area contributed by atoms with Crippen molar-refractivity contribution < 1.29 is 22.7 Å². The number of sulfonamides is 1. The Morgan fingerprint density at radius 1 is 1.05 bits per heavy atom. The number of benzene rings is 2. The summed E-state index contributed by atoms with van der Waals surface area (Å²) >= 11 is 0. The van der Waals surface area contributed by atoms with Gasteiger partial charge in [0.25, 0.3) is 0 Å². The summed E-state index contributed by atoms with van der Waals surface area (Å²) in [6.45, 7) is 2.40. The van der Waals surface area contributed by atoms with E-state index in [0.29, 0.717) is 12.8 Å². The Kier molecular flexibility index (Phi) is 10.5. The van der Waals surface area contributed by atoms with Gasteiger partial charge in [-0.3, -0.25) is 9.59 Å². The zero-order valence-electron chi connectivity index (χ0n) is 22.1. The summed E-state index contributed by atoms with van der Waals surface area (Å²) in [4.78, 5) is 28.6. The van der Waals surface area contributed by atoms with Crippen LogP contribution in [0.25, 0.3) is 0 Å². The van der Waals surface area contributed by atoms with Crippen molar-refractivity contribution in [3.8, 4) is 5.75 Å². The second-order valence-electron chi connectivity index (χ2n) is 9.53. The highest BCUT2D eigenvalue weighted by atomic mass is 32.2. The highest BCUT2D eigenvalue weighted by molar-refractivity contribution is 7.89. The van der Waals surface area contributed by atoms with Gasteiger partial charge in [-0.25, -0.2) is 12.7 Å². The maximum Gasteiger partial charge on any atom is 0.243 e. The van der Waals surface area contributed by atoms with Gasteiger partial charge < -0.3 is 15.0 Å². The number of rotatable bonds is 13. The Labute approximate surface area is 221 Å². The van der Waals surface area contributed by atoms with E-state index in [1.165, 1.54) is 11.4 Å². The molecule has 9 heteroatoms. The first-order valence-electron chi connectivity index (χ1n) is 13.0. The minimum absolute atomic E-state index is 0.125. The molecule has 0 spiro atoms. The fourth-order valence-electron chi connectivity index (χ4n) is 4.70. The maximum atomic E-state index is 13.5. The average molecular weight is 530 g/mol. The Morgan fingerprint density at radius 2 is 1.70 bits per heavy atom. The topological polar surface area (TPSA) is 96.0 Å². The fourth-order valence-corrected chi connectivity index (χ4v) is 5.93. The minimum Gasteiger partial charge on any atom is -0.497 e. The molecular weight excluding hydrogens is 490 g/mol. The summed E-state index contributed by atoms with van der Waals surface area (Å²) in [7, 11) is -0.511. The smallest absolute Gasteiger partial charge is 0.243 e. The molecule has 1 aliphatic rings. The van der Waals surface area contributed by atoms with Crippen molar-refractivity contribution in [2.75, 3.05) is 20.7 Å². The molecule has 8 nitrogen and oxygen atoms in total. The van der Waals surface area contributed by atoms with Crippen molar-refractivity contribution in [2.24, 2.45) is 0 Å². The van der Waals surface area contributed by atoms with E-state index in [9.17, 15) is 18.0 Å². The first-order chi connectivity index (χ1) is 17.8. The minimum atomic E-state index is -3.63. The van der Waals surface area contributed by atoms with Crippen molar-refractivity contribution in [2.45, 2.75) is 75.4 Å². The molecule has 3 rings (SSSR count). The monoisotopic (exact) mass is 529 g/mol. The molecule has 2 aromatic carbocycles. The van der Waals surface area contributed by atoms with Gasteiger partial charge >= 0.3 is 0 Å². The van der Waals surface area contributed by atoms with Crippen LogP contribution < -0.4 is 10.1 Å². The summed E-state index contributed by atoms with van der Waals surface area (Å²) in [5, 5.41) is 3.14. The molecule has 0 aromatic heterocycles. The van der Waals surface area contributed by atoms with Crippen LogP contribution in [0, 0.1) is 0 Å². The number of carbonyl (C=O) groups is 2. The van der Waals surface area contributed by atoms with Gasteiger partial charge in [0.1, 0.15) is 11.8 Å². The van der Waals surface area contributed by atoms with Gasteiger partial charge in [-0.05, 0) is 55.5 Å². The second kappa shape index (κ2) is 13.6. The Morgan fingerprint density at radius 3 is 2.30 bits per heavy atom. The zero-order chi connectivity index (χ0) is 26.8. The van der Waals surface area contributed by atoms with Crippen LogP contribution in [-0.2, 0) is 26.2 Å². The standard InChI is InChI=1S/C28H39N3O5S/c1-4-26(28(33)29-23-11-8-9-12-23)31(21-22-16-18-24(36-3)19-17-22)27(32)15-10-20-30(2)37(34,35)25-13-6-5-7-14-25/h5-7,13-14,16-19,23,26H,4,8-12,15,20-21H2,1-3H3,(H,29,33)/t26-/m0/s1. The van der Waals surface area contributed by atoms with Crippen LogP contribution in [-0.4, -0.2) is 62.2 Å². The molecule has 2 aromatic rings. The van der Waals surface area contributed by atoms with Crippen molar-refractivity contribution in [3.05, 3.63) is 60.2 Å². The molecule has 0 bridgehead atoms. The summed E-state index contributed by atoms with van der Waals surface area (Å²) in [6.07, 6.45) is 5.13. The number of carbonyl (C=O) groups excluding carboxylic acids is 2. The van der Waals surface area contributed by atoms with Crippen LogP contribution in [0.2, 0.25) is 0 Å². The van der Waals surface area contributed by atoms with Crippen LogP contribution in [0.5, 0.6) is 5.75 Å². The number of amides is 2. The molecule has 0 radical (unpaired) electrons. The Balaban J connectivity index is 1.69. The lowest BCUT2D eigenvalue weighted by molar-refractivity contribution is -0.141. The molecule has 0 aliphatic heterocycles. The van der Waals surface area contributed by atoms with Crippen LogP contribution in [0.15, 0.2) is 59.5 Å². The van der Waals surface area contributed by atoms with Crippen molar-refractivity contribution in [3.63, 3.8) is 0 Å². The largest absolute Gasteiger partial charge is 0.497 e. The summed E-state index contributed by atoms with van der Waals surface area (Å²) in [5.41, 5.74) is 0.894. The molecule has 0 saturated heterocycles. The van der Waals surface area contributed by atoms with E-state index in [2.05, 4.69) is 5.32 Å². The normalized spacial score (nSPS) is 14.9. The lowest BCUT2D eigenvalue weighted by atomic mass is 10.1. The van der Waals surface area contributed by atoms with Gasteiger partial charge in [0.05, 0.1) is 12.0 Å². The maximum absolute atomic E-state index is 13.5. The van der Waals surface area contributed by atoms with Crippen LogP contribution in [0.3, 0.4) is 0 Å². The zero-order valence-corrected chi connectivity index (χ0v) is 22.9. The Hall–Kier alpha value is -2.91. The SMILES string of the molecule is CC[C@@H](C(=O)NC1CCCC1)N(Cc1ccc(OC)cc1)C(=O)CCCN(C)S(=O)(=O)c1ccccc1. The van der Waals surface area contributed by atoms with E-state index in [-0.39, 0.29) is 42.3 Å². The molecule has 1 aliphatic carbocycles. The number of nitrogens with one attached hydrogen (secondary N) is 1. The van der Waals surface area contributed by atoms with Crippen LogP contribution in [0.1, 0.15) is 57.4 Å². The highest BCUT2D eigenvalue weighted by Gasteiger charge is 2.30. The lowest BCUT2D eigenvalue weighted by Gasteiger charge is -2.32. The molecule has 0 unspecified atom stereocenters. The third-order valence-corrected chi connectivity index (χ3v) is 8.79. The van der Waals surface area contributed by atoms with Gasteiger partial charge in [-0.1, -0.05) is 50.1 Å². The average Bonchev–Trinajstić information content (AvgIpc) is 3.42. The van der Waals surface area contributed by atoms with Gasteiger partial charge in [0.2, 0.25) is 21.8 Å². The lowest BCUT2D eigenvalue weighted by Crippen LogP contribution is -2.51. The first kappa shape index (κ1) is 28.7. The summed E-state index contributed by atoms with van der Waals surface area (Å²) < 4.78 is 32.1. The van der Waals surface area contributed by atoms with E-state index < -0.39 is 16.1 Å². The van der Waals surface area contributed by atoms with Gasteiger partial charge in [0.15, 0.2) is 0 Å². The molecule has 37 heavy (non-hydrogen) atoms. The van der Waals surface area contributed by atoms with Gasteiger partial charge in [0, 0.05) is 32.6 Å². The van der Waals surface area contributed by atoms with Crippen LogP contribution in [0.4, 0.5) is 0 Å². The molecular formula is C28H39N3O5S. The molecule has 2 amide bonds. The number of hydrogen-bond donors (Lipinski definition) is 1. The number of ether oxygens (including phenoxy) is 1. The molecule has 1 atom stereocenters. The van der Waals surface area contributed by atoms with Crippen molar-refractivity contribution in [1.82, 2.24) is 14.5 Å². The van der Waals surface area contributed by atoms with Gasteiger partial charge in [-0.15, -0.1) is 0 Å². The third kappa shape index (κ3) is 7.79. The fraction of sp³-hybridized carbons (Fsp3) is 0.500.